The van der Waals surface area contributed by atoms with Crippen LogP contribution < -0.4 is 70.0 Å². The molecule has 38 heteroatoms. The Morgan fingerprint density at radius 2 is 0.880 bits per heavy atom. The molecule has 0 bridgehead atoms. The summed E-state index contributed by atoms with van der Waals surface area (Å²) >= 11 is 0.807. The van der Waals surface area contributed by atoms with E-state index in [0.29, 0.717) is 16.7 Å². The average Bonchev–Trinajstić information content (AvgIpc) is 1.72. The third kappa shape index (κ3) is 28.1. The number of carboxylic acid groups (broad SMARTS) is 1. The number of amides is 15. The lowest BCUT2D eigenvalue weighted by atomic mass is 9.99. The van der Waals surface area contributed by atoms with Crippen LogP contribution in [0.15, 0.2) is 140 Å². The molecule has 0 saturated carbocycles. The summed E-state index contributed by atoms with van der Waals surface area (Å²) in [5.74, 6) is -18.0. The Bertz CT molecular complexity index is 4670. The van der Waals surface area contributed by atoms with Crippen LogP contribution >= 0.6 is 11.8 Å². The number of hydrogen-bond acceptors (Lipinski definition) is 20. The van der Waals surface area contributed by atoms with Crippen molar-refractivity contribution in [1.82, 2.24) is 78.1 Å². The number of thioether (sulfide) groups is 1. The van der Waals surface area contributed by atoms with Crippen molar-refractivity contribution in [1.29, 1.82) is 5.41 Å². The highest BCUT2D eigenvalue weighted by atomic mass is 32.2. The molecule has 8 rings (SSSR count). The second-order valence-corrected chi connectivity index (χ2v) is 32.8. The van der Waals surface area contributed by atoms with E-state index in [1.54, 1.807) is 92.7 Å². The molecule has 0 aliphatic carbocycles. The smallest absolute Gasteiger partial charge is 0.305 e. The number of rotatable bonds is 20. The number of aliphatic hydroxyl groups is 2. The maximum atomic E-state index is 15.3. The van der Waals surface area contributed by atoms with Crippen LogP contribution in [-0.2, 0) is 96.0 Å². The van der Waals surface area contributed by atoms with Gasteiger partial charge in [0.25, 0.3) is 0 Å². The number of primary amides is 1. The zero-order valence-corrected chi connectivity index (χ0v) is 71.9. The number of nitrogens with zero attached hydrogens (tertiary/aromatic N) is 4. The second kappa shape index (κ2) is 46.6. The van der Waals surface area contributed by atoms with E-state index < -0.39 is 216 Å². The van der Waals surface area contributed by atoms with Crippen LogP contribution in [0, 0.1) is 11.3 Å². The predicted octanol–water partition coefficient (Wildman–Crippen LogP) is -1.41. The fourth-order valence-corrected chi connectivity index (χ4v) is 15.5. The molecule has 125 heavy (non-hydrogen) atoms. The van der Waals surface area contributed by atoms with Crippen LogP contribution in [0.3, 0.4) is 0 Å². The molecule has 37 nitrogen and oxygen atoms in total. The number of aliphatic hydroxyl groups excluding tert-OH is 2. The fraction of sp³-hybridized carbons (Fsp3) is 0.460. The molecule has 3 saturated heterocycles. The summed E-state index contributed by atoms with van der Waals surface area (Å²) < 4.78 is 0. The van der Waals surface area contributed by atoms with Gasteiger partial charge in [0.05, 0.1) is 30.9 Å². The first-order valence-electron chi connectivity index (χ1n) is 41.4. The Morgan fingerprint density at radius 1 is 0.472 bits per heavy atom. The first-order valence-corrected chi connectivity index (χ1v) is 42.6. The van der Waals surface area contributed by atoms with Gasteiger partial charge in [0.2, 0.25) is 88.6 Å². The van der Waals surface area contributed by atoms with Crippen LogP contribution in [0.4, 0.5) is 0 Å². The van der Waals surface area contributed by atoms with Gasteiger partial charge in [-0.15, -0.1) is 11.8 Å². The van der Waals surface area contributed by atoms with Crippen molar-refractivity contribution in [2.75, 3.05) is 51.8 Å². The predicted molar refractivity (Wildman–Crippen MR) is 462 cm³/mol. The highest BCUT2D eigenvalue weighted by Gasteiger charge is 2.45. The lowest BCUT2D eigenvalue weighted by Crippen LogP contribution is -2.63. The molecule has 0 spiro atoms. The number of aliphatic carboxylic acids is 1. The van der Waals surface area contributed by atoms with E-state index in [1.165, 1.54) is 39.8 Å². The van der Waals surface area contributed by atoms with Gasteiger partial charge in [0.15, 0.2) is 5.96 Å². The van der Waals surface area contributed by atoms with Crippen molar-refractivity contribution >= 4 is 112 Å². The first kappa shape index (κ1) is 97.6. The number of benzene rings is 5. The van der Waals surface area contributed by atoms with Gasteiger partial charge < -0.3 is 105 Å². The minimum atomic E-state index is -1.98. The van der Waals surface area contributed by atoms with E-state index in [-0.39, 0.29) is 83.2 Å². The standard InChI is InChI=1S/C87H114N18O19S/c1-48(2)71-86(124)105-40-20-29-67(105)80(118)100-73(52(6)107)82(120)101-72(51(5)106)81(119)97-64(43-55-32-36-59(37-33-55)57-25-16-11-17-26-57)84(122)103(8)50(4)75(113)96-63(42-54-30-34-58(35-31-54)56-23-14-10-15-24-56)83(121)102(7)49(3)74(112)95-62(44-70(110)111)77(115)94-60(27-18-38-91-87(89)90)85(123)104-39-19-28-66(104)79(117)98-65(76(114)92-45-68(88)108)46-125-47-69(109)93-61(78(116)99-71)41-53-21-12-9-13-22-53/h9-17,21-26,30-37,48-52,60-67,71-73,106-107H,18-20,27-29,38-47H2,1-8H3,(H2,88,108)(H,92,114)(H,93,109)(H,94,115)(H,95,112)(H,96,113)(H,97,119)(H,98,117)(H,99,116)(H,100,118)(H,101,120)(H,110,111)(H4,89,90,91)/t49-,50-,51+,52+,60-,61-,62-,63-,64-,65-,66-,67-,71-,72-,73-/m0/s1. The summed E-state index contributed by atoms with van der Waals surface area (Å²) in [6.07, 6.45) is -5.00. The number of nitrogens with one attached hydrogen (secondary N) is 12. The molecule has 0 radical (unpaired) electrons. The number of nitrogens with two attached hydrogens (primary N) is 2. The molecule has 672 valence electrons. The largest absolute Gasteiger partial charge is 0.481 e. The number of carbonyl (C=O) groups is 16. The molecule has 3 aliphatic rings. The van der Waals surface area contributed by atoms with Gasteiger partial charge in [-0.25, -0.2) is 0 Å². The van der Waals surface area contributed by atoms with Crippen molar-refractivity contribution < 1.29 is 92.0 Å². The molecule has 19 N–H and O–H groups in total. The Kier molecular flexibility index (Phi) is 36.4. The van der Waals surface area contributed by atoms with Crippen LogP contribution in [0.25, 0.3) is 22.3 Å². The molecule has 0 aromatic heterocycles. The van der Waals surface area contributed by atoms with Gasteiger partial charge in [-0.05, 0) is 111 Å². The van der Waals surface area contributed by atoms with E-state index in [4.69, 9.17) is 16.9 Å². The van der Waals surface area contributed by atoms with Crippen LogP contribution in [0.5, 0.6) is 0 Å². The van der Waals surface area contributed by atoms with Crippen LogP contribution in [0.2, 0.25) is 0 Å². The summed E-state index contributed by atoms with van der Waals surface area (Å²) in [4.78, 5) is 235. The van der Waals surface area contributed by atoms with E-state index >= 15 is 14.4 Å². The normalized spacial score (nSPS) is 24.6. The molecule has 15 amide bonds. The Hall–Kier alpha value is -12.8. The topological polar surface area (TPSA) is 555 Å². The monoisotopic (exact) mass is 1750 g/mol. The van der Waals surface area contributed by atoms with Gasteiger partial charge >= 0.3 is 5.97 Å². The fourth-order valence-electron chi connectivity index (χ4n) is 14.7. The maximum absolute atomic E-state index is 15.3. The molecule has 15 atom stereocenters. The average molecular weight is 1750 g/mol. The number of guanidine groups is 1. The van der Waals surface area contributed by atoms with E-state index in [9.17, 15) is 77.6 Å². The highest BCUT2D eigenvalue weighted by Crippen LogP contribution is 2.27. The van der Waals surface area contributed by atoms with Crippen molar-refractivity contribution in [2.24, 2.45) is 17.4 Å². The summed E-state index contributed by atoms with van der Waals surface area (Å²) in [6, 6.07) is 20.4. The van der Waals surface area contributed by atoms with Crippen molar-refractivity contribution in [3.63, 3.8) is 0 Å². The summed E-state index contributed by atoms with van der Waals surface area (Å²) in [7, 11) is 2.46. The molecule has 0 unspecified atom stereocenters. The molecular formula is C87H114N18O19S. The number of likely N-dealkylation sites (N-methyl/N-ethyl adjacent to an activating group) is 2. The summed E-state index contributed by atoms with van der Waals surface area (Å²) in [5.41, 5.74) is 15.8. The van der Waals surface area contributed by atoms with Crippen molar-refractivity contribution in [3.05, 3.63) is 156 Å². The first-order chi connectivity index (χ1) is 59.4. The molecular weight excluding hydrogens is 1630 g/mol. The van der Waals surface area contributed by atoms with Gasteiger partial charge in [0, 0.05) is 58.7 Å². The zero-order chi connectivity index (χ0) is 91.5. The Balaban J connectivity index is 1.16. The summed E-state index contributed by atoms with van der Waals surface area (Å²) in [5, 5.41) is 68.9. The molecule has 3 heterocycles. The third-order valence-electron chi connectivity index (χ3n) is 22.0. The quantitative estimate of drug-likeness (QED) is 0.0242. The Labute approximate surface area is 728 Å². The lowest BCUT2D eigenvalue weighted by Gasteiger charge is -2.33. The lowest BCUT2D eigenvalue weighted by molar-refractivity contribution is -0.146. The highest BCUT2D eigenvalue weighted by molar-refractivity contribution is 8.00. The number of carboxylic acids is 1. The SMILES string of the molecule is CC(C)[C@@H]1NC(=O)[C@H](Cc2ccccc2)NC(=O)CSC[C@@H](C(=O)NCC(N)=O)NC(=O)[C@@H]2CCCN2C(=O)[C@H](CCCNC(=N)N)NC(=O)[C@H](CC(=O)O)NC(=O)[C@H](C)N(C)C(=O)[C@H](Cc2ccc(-c3ccccc3)cc2)NC(=O)[C@H](C)N(C)C(=O)[C@H](Cc2ccc(-c3ccccc3)cc2)NC(=O)[C@H]([C@@H](C)O)NC(=O)[C@H]([C@@H](C)O)NC(=O)[C@@H]2CCCN2C1=O. The summed E-state index contributed by atoms with van der Waals surface area (Å²) in [6.45, 7) is 7.31. The van der Waals surface area contributed by atoms with E-state index in [0.717, 1.165) is 55.6 Å². The Morgan fingerprint density at radius 3 is 1.35 bits per heavy atom. The van der Waals surface area contributed by atoms with Crippen LogP contribution in [0.1, 0.15) is 103 Å². The maximum Gasteiger partial charge on any atom is 0.305 e. The number of carbonyl (C=O) groups excluding carboxylic acids is 15. The third-order valence-corrected chi connectivity index (χ3v) is 23.0. The second-order valence-electron chi connectivity index (χ2n) is 31.7. The van der Waals surface area contributed by atoms with Gasteiger partial charge in [-0.1, -0.05) is 153 Å². The number of hydrogen-bond donors (Lipinski definition) is 17. The minimum Gasteiger partial charge on any atom is -0.481 e. The van der Waals surface area contributed by atoms with Crippen molar-refractivity contribution in [3.8, 4) is 22.3 Å². The number of fused-ring (bicyclic) bond motifs is 2. The zero-order valence-electron chi connectivity index (χ0n) is 71.1. The molecule has 5 aromatic carbocycles. The van der Waals surface area contributed by atoms with Gasteiger partial charge in [-0.3, -0.25) is 82.1 Å². The van der Waals surface area contributed by atoms with Crippen LogP contribution in [-0.4, -0.2) is 278 Å². The molecule has 5 aromatic rings. The van der Waals surface area contributed by atoms with Crippen molar-refractivity contribution in [2.45, 2.75) is 197 Å². The van der Waals surface area contributed by atoms with Gasteiger partial charge in [-0.2, -0.15) is 0 Å². The minimum absolute atomic E-state index is 0.00798. The van der Waals surface area contributed by atoms with Gasteiger partial charge in [0.1, 0.15) is 78.5 Å². The molecule has 3 fully saturated rings. The van der Waals surface area contributed by atoms with E-state index in [1.807, 2.05) is 60.7 Å². The molecule has 3 aliphatic heterocycles. The van der Waals surface area contributed by atoms with E-state index in [2.05, 4.69) is 58.5 Å².